The number of rotatable bonds is 5. The number of hydrogen-bond acceptors (Lipinski definition) is 6. The topological polar surface area (TPSA) is 120 Å². The molecule has 2 amide bonds. The molecule has 14 heteroatoms. The third-order valence-corrected chi connectivity index (χ3v) is 10.2. The monoisotopic (exact) mass is 656 g/mol. The standard InChI is InChI=1S/C31H27F3N4O5S2/c1-19-27(36-5)28(25-15-10-20(18-35)16-26(25)44(6,40)41)38(45(42,43)24-13-11-21(12-14-24)30(2,3)4)29(39)37(19)23-9-7-8-22(17-23)31(32,33)34/h7-17,28H,1-4,6H3/t28-/m1/s1. The average Bonchev–Trinajstić information content (AvgIpc) is 2.95. The molecule has 3 aromatic rings. The number of benzene rings is 3. The van der Waals surface area contributed by atoms with Crippen molar-refractivity contribution in [3.8, 4) is 6.07 Å². The minimum atomic E-state index is -4.91. The van der Waals surface area contributed by atoms with Crippen LogP contribution in [0, 0.1) is 17.9 Å². The van der Waals surface area contributed by atoms with Crippen molar-refractivity contribution in [1.82, 2.24) is 4.31 Å². The minimum absolute atomic E-state index is 0.0795. The smallest absolute Gasteiger partial charge is 0.277 e. The zero-order chi connectivity index (χ0) is 33.7. The molecule has 45 heavy (non-hydrogen) atoms. The molecule has 0 spiro atoms. The second-order valence-corrected chi connectivity index (χ2v) is 15.2. The molecule has 1 atom stereocenters. The number of carbonyl (C=O) groups excluding carboxylic acids is 1. The van der Waals surface area contributed by atoms with Gasteiger partial charge in [0.1, 0.15) is 6.04 Å². The van der Waals surface area contributed by atoms with Crippen LogP contribution in [0.2, 0.25) is 0 Å². The molecule has 0 aliphatic carbocycles. The van der Waals surface area contributed by atoms with Crippen LogP contribution in [0.4, 0.5) is 23.7 Å². The number of sulfonamides is 1. The quantitative estimate of drug-likeness (QED) is 0.279. The fraction of sp³-hybridized carbons (Fsp3) is 0.258. The maximum Gasteiger partial charge on any atom is 0.416 e. The predicted molar refractivity (Wildman–Crippen MR) is 160 cm³/mol. The molecular formula is C31H27F3N4O5S2. The number of amides is 2. The molecular weight excluding hydrogens is 629 g/mol. The van der Waals surface area contributed by atoms with E-state index in [1.807, 2.05) is 26.8 Å². The molecule has 4 rings (SSSR count). The van der Waals surface area contributed by atoms with Crippen LogP contribution in [0.25, 0.3) is 4.85 Å². The van der Waals surface area contributed by atoms with E-state index in [-0.39, 0.29) is 32.8 Å². The molecule has 1 aliphatic heterocycles. The van der Waals surface area contributed by atoms with E-state index in [1.54, 1.807) is 12.1 Å². The Labute approximate surface area is 259 Å². The summed E-state index contributed by atoms with van der Waals surface area (Å²) in [6.07, 6.45) is -3.98. The number of nitrogens with zero attached hydrogens (tertiary/aromatic N) is 4. The molecule has 234 valence electrons. The van der Waals surface area contributed by atoms with Crippen molar-refractivity contribution in [2.45, 2.75) is 55.1 Å². The van der Waals surface area contributed by atoms with E-state index in [4.69, 9.17) is 6.57 Å². The maximum absolute atomic E-state index is 14.4. The molecule has 0 bridgehead atoms. The van der Waals surface area contributed by atoms with Gasteiger partial charge in [-0.25, -0.2) is 30.8 Å². The summed E-state index contributed by atoms with van der Waals surface area (Å²) in [6.45, 7) is 15.0. The third kappa shape index (κ3) is 6.16. The lowest BCUT2D eigenvalue weighted by Gasteiger charge is -2.41. The zero-order valence-electron chi connectivity index (χ0n) is 24.7. The lowest BCUT2D eigenvalue weighted by molar-refractivity contribution is -0.137. The van der Waals surface area contributed by atoms with E-state index in [1.165, 1.54) is 25.1 Å². The Hall–Kier alpha value is -4.66. The summed E-state index contributed by atoms with van der Waals surface area (Å²) in [6, 6.07) is 11.2. The van der Waals surface area contributed by atoms with Crippen molar-refractivity contribution in [2.24, 2.45) is 0 Å². The van der Waals surface area contributed by atoms with E-state index >= 15 is 0 Å². The molecule has 0 radical (unpaired) electrons. The van der Waals surface area contributed by atoms with Crippen LogP contribution < -0.4 is 4.90 Å². The van der Waals surface area contributed by atoms with Crippen molar-refractivity contribution in [1.29, 1.82) is 5.26 Å². The Morgan fingerprint density at radius 2 is 1.56 bits per heavy atom. The lowest BCUT2D eigenvalue weighted by atomic mass is 9.87. The summed E-state index contributed by atoms with van der Waals surface area (Å²) in [5, 5.41) is 9.41. The molecule has 1 heterocycles. The summed E-state index contributed by atoms with van der Waals surface area (Å²) < 4.78 is 95.8. The van der Waals surface area contributed by atoms with Crippen LogP contribution in [0.15, 0.2) is 87.9 Å². The van der Waals surface area contributed by atoms with Crippen molar-refractivity contribution in [3.63, 3.8) is 0 Å². The van der Waals surface area contributed by atoms with Crippen LogP contribution in [-0.4, -0.2) is 33.4 Å². The van der Waals surface area contributed by atoms with E-state index in [0.29, 0.717) is 15.3 Å². The average molecular weight is 657 g/mol. The van der Waals surface area contributed by atoms with E-state index in [2.05, 4.69) is 4.85 Å². The molecule has 9 nitrogen and oxygen atoms in total. The third-order valence-electron chi connectivity index (χ3n) is 7.25. The predicted octanol–water partition coefficient (Wildman–Crippen LogP) is 6.80. The number of carbonyl (C=O) groups is 1. The van der Waals surface area contributed by atoms with E-state index in [9.17, 15) is 40.1 Å². The highest BCUT2D eigenvalue weighted by Crippen LogP contribution is 2.45. The minimum Gasteiger partial charge on any atom is -0.277 e. The van der Waals surface area contributed by atoms with Gasteiger partial charge in [-0.15, -0.1) is 0 Å². The first-order chi connectivity index (χ1) is 20.7. The Morgan fingerprint density at radius 1 is 0.933 bits per heavy atom. The van der Waals surface area contributed by atoms with Gasteiger partial charge >= 0.3 is 12.2 Å². The van der Waals surface area contributed by atoms with Gasteiger partial charge in [-0.3, -0.25) is 4.90 Å². The SMILES string of the molecule is [C-]#[N+]C1=C(C)N(c2cccc(C(F)(F)F)c2)C(=O)N(S(=O)(=O)c2ccc(C(C)(C)C)cc2)[C@@H]1c1ccc(C#N)cc1S(C)(=O)=O. The van der Waals surface area contributed by atoms with Gasteiger partial charge in [-0.2, -0.15) is 18.4 Å². The molecule has 0 unspecified atom stereocenters. The second-order valence-electron chi connectivity index (χ2n) is 11.4. The molecule has 0 fully saturated rings. The van der Waals surface area contributed by atoms with Gasteiger partial charge in [0, 0.05) is 17.6 Å². The van der Waals surface area contributed by atoms with Crippen molar-refractivity contribution in [3.05, 3.63) is 112 Å². The highest BCUT2D eigenvalue weighted by atomic mass is 32.2. The zero-order valence-corrected chi connectivity index (χ0v) is 26.3. The van der Waals surface area contributed by atoms with Gasteiger partial charge in [0.05, 0.1) is 33.6 Å². The maximum atomic E-state index is 14.4. The van der Waals surface area contributed by atoms with Gasteiger partial charge in [0.2, 0.25) is 5.70 Å². The highest BCUT2D eigenvalue weighted by molar-refractivity contribution is 7.91. The van der Waals surface area contributed by atoms with Crippen LogP contribution in [0.1, 0.15) is 56.0 Å². The molecule has 0 saturated heterocycles. The van der Waals surface area contributed by atoms with E-state index < -0.39 is 54.3 Å². The Morgan fingerprint density at radius 3 is 2.07 bits per heavy atom. The van der Waals surface area contributed by atoms with Crippen molar-refractivity contribution in [2.75, 3.05) is 11.2 Å². The number of allylic oxidation sites excluding steroid dienone is 1. The van der Waals surface area contributed by atoms with Gasteiger partial charge in [0.25, 0.3) is 10.0 Å². The largest absolute Gasteiger partial charge is 0.416 e. The first-order valence-electron chi connectivity index (χ1n) is 13.2. The number of hydrogen-bond donors (Lipinski definition) is 0. The molecule has 0 aromatic heterocycles. The van der Waals surface area contributed by atoms with Crippen molar-refractivity contribution < 1.29 is 34.8 Å². The molecule has 3 aromatic carbocycles. The number of halogens is 3. The Kier molecular flexibility index (Phi) is 8.39. The van der Waals surface area contributed by atoms with Gasteiger partial charge in [-0.1, -0.05) is 45.0 Å². The van der Waals surface area contributed by atoms with Crippen LogP contribution in [-0.2, 0) is 31.5 Å². The number of urea groups is 1. The first-order valence-corrected chi connectivity index (χ1v) is 16.5. The summed E-state index contributed by atoms with van der Waals surface area (Å²) in [5.41, 5.74) is -2.09. The van der Waals surface area contributed by atoms with E-state index in [0.717, 1.165) is 42.2 Å². The molecule has 1 aliphatic rings. The summed E-state index contributed by atoms with van der Waals surface area (Å²) in [7, 11) is -9.09. The number of anilines is 1. The second kappa shape index (κ2) is 11.4. The highest BCUT2D eigenvalue weighted by Gasteiger charge is 2.48. The van der Waals surface area contributed by atoms with Crippen molar-refractivity contribution >= 4 is 31.6 Å². The number of nitriles is 1. The number of sulfone groups is 1. The van der Waals surface area contributed by atoms with Crippen LogP contribution >= 0.6 is 0 Å². The Bertz CT molecular complexity index is 2040. The summed E-state index contributed by atoms with van der Waals surface area (Å²) in [4.78, 5) is 17.6. The first kappa shape index (κ1) is 33.2. The summed E-state index contributed by atoms with van der Waals surface area (Å²) >= 11 is 0. The van der Waals surface area contributed by atoms with Gasteiger partial charge < -0.3 is 0 Å². The normalized spacial score (nSPS) is 16.4. The fourth-order valence-corrected chi connectivity index (χ4v) is 7.38. The number of alkyl halides is 3. The van der Waals surface area contributed by atoms with Gasteiger partial charge in [0.15, 0.2) is 9.84 Å². The fourth-order valence-electron chi connectivity index (χ4n) is 4.95. The molecule has 0 N–H and O–H groups in total. The summed E-state index contributed by atoms with van der Waals surface area (Å²) in [5.74, 6) is 0. The Balaban J connectivity index is 2.09. The van der Waals surface area contributed by atoms with Crippen LogP contribution in [0.5, 0.6) is 0 Å². The van der Waals surface area contributed by atoms with Gasteiger partial charge in [-0.05, 0) is 65.9 Å². The lowest BCUT2D eigenvalue weighted by Crippen LogP contribution is -2.52. The van der Waals surface area contributed by atoms with Crippen LogP contribution in [0.3, 0.4) is 0 Å². The molecule has 0 saturated carbocycles.